The van der Waals surface area contributed by atoms with Gasteiger partial charge in [0.15, 0.2) is 5.76 Å². The molecule has 1 saturated heterocycles. The first-order chi connectivity index (χ1) is 11.5. The monoisotopic (exact) mass is 329 g/mol. The molecule has 1 aromatic heterocycles. The van der Waals surface area contributed by atoms with Gasteiger partial charge in [-0.15, -0.1) is 0 Å². The molecule has 3 rings (SSSR count). The van der Waals surface area contributed by atoms with Crippen LogP contribution in [0.25, 0.3) is 0 Å². The van der Waals surface area contributed by atoms with E-state index in [-0.39, 0.29) is 24.8 Å². The zero-order valence-corrected chi connectivity index (χ0v) is 13.4. The molecule has 6 heteroatoms. The number of likely N-dealkylation sites (tertiary alicyclic amines) is 1. The Hall–Kier alpha value is -2.76. The maximum absolute atomic E-state index is 12.6. The summed E-state index contributed by atoms with van der Waals surface area (Å²) in [6, 6.07) is 11.0. The number of ether oxygens (including phenoxy) is 1. The summed E-state index contributed by atoms with van der Waals surface area (Å²) in [7, 11) is 0. The van der Waals surface area contributed by atoms with Gasteiger partial charge in [0.25, 0.3) is 5.91 Å². The number of carbonyl (C=O) groups excluding carboxylic acids is 1. The predicted octanol–water partition coefficient (Wildman–Crippen LogP) is 2.80. The highest BCUT2D eigenvalue weighted by molar-refractivity contribution is 5.93. The summed E-state index contributed by atoms with van der Waals surface area (Å²) in [5.41, 5.74) is -0.254. The van der Waals surface area contributed by atoms with Crippen LogP contribution in [0.15, 0.2) is 47.1 Å². The number of carbonyl (C=O) groups is 2. The van der Waals surface area contributed by atoms with Crippen LogP contribution in [0.2, 0.25) is 0 Å². The second-order valence-electron chi connectivity index (χ2n) is 6.22. The SMILES string of the molecule is C[C@@]1(C(=O)O)CCN(C(=O)c2occc2COc2ccccc2)C1. The van der Waals surface area contributed by atoms with Crippen LogP contribution < -0.4 is 4.74 Å². The Morgan fingerprint density at radius 3 is 2.71 bits per heavy atom. The van der Waals surface area contributed by atoms with Gasteiger partial charge in [-0.25, -0.2) is 0 Å². The molecule has 2 heterocycles. The van der Waals surface area contributed by atoms with Crippen molar-refractivity contribution in [2.45, 2.75) is 20.0 Å². The number of hydrogen-bond donors (Lipinski definition) is 1. The van der Waals surface area contributed by atoms with Gasteiger partial charge in [0.2, 0.25) is 0 Å². The van der Waals surface area contributed by atoms with Crippen molar-refractivity contribution in [1.82, 2.24) is 4.90 Å². The van der Waals surface area contributed by atoms with Crippen LogP contribution in [0.1, 0.15) is 29.5 Å². The third-order valence-electron chi connectivity index (χ3n) is 4.36. The molecular formula is C18H19NO5. The van der Waals surface area contributed by atoms with Crippen LogP contribution in [-0.2, 0) is 11.4 Å². The predicted molar refractivity (Wildman–Crippen MR) is 85.7 cm³/mol. The lowest BCUT2D eigenvalue weighted by molar-refractivity contribution is -0.147. The van der Waals surface area contributed by atoms with E-state index in [1.54, 1.807) is 13.0 Å². The Kier molecular flexibility index (Phi) is 4.29. The second kappa shape index (κ2) is 6.39. The summed E-state index contributed by atoms with van der Waals surface area (Å²) < 4.78 is 11.0. The van der Waals surface area contributed by atoms with Crippen molar-refractivity contribution in [2.75, 3.05) is 13.1 Å². The van der Waals surface area contributed by atoms with Gasteiger partial charge < -0.3 is 19.2 Å². The molecule has 1 N–H and O–H groups in total. The lowest BCUT2D eigenvalue weighted by atomic mass is 9.90. The van der Waals surface area contributed by atoms with Crippen molar-refractivity contribution < 1.29 is 23.8 Å². The Bertz CT molecular complexity index is 739. The van der Waals surface area contributed by atoms with E-state index in [0.29, 0.717) is 24.3 Å². The van der Waals surface area contributed by atoms with Crippen LogP contribution in [0.3, 0.4) is 0 Å². The van der Waals surface area contributed by atoms with Crippen LogP contribution in [-0.4, -0.2) is 35.0 Å². The molecule has 1 atom stereocenters. The summed E-state index contributed by atoms with van der Waals surface area (Å²) in [6.07, 6.45) is 1.88. The van der Waals surface area contributed by atoms with Crippen molar-refractivity contribution in [1.29, 1.82) is 0 Å². The maximum atomic E-state index is 12.6. The largest absolute Gasteiger partial charge is 0.489 e. The van der Waals surface area contributed by atoms with Gasteiger partial charge in [-0.2, -0.15) is 0 Å². The Morgan fingerprint density at radius 2 is 2.04 bits per heavy atom. The zero-order valence-electron chi connectivity index (χ0n) is 13.4. The van der Waals surface area contributed by atoms with Crippen molar-refractivity contribution in [3.05, 3.63) is 54.0 Å². The number of nitrogens with zero attached hydrogens (tertiary/aromatic N) is 1. The van der Waals surface area contributed by atoms with Gasteiger partial charge in [-0.05, 0) is 31.5 Å². The average Bonchev–Trinajstić information content (AvgIpc) is 3.21. The Balaban J connectivity index is 1.69. The fourth-order valence-electron chi connectivity index (χ4n) is 2.77. The number of aliphatic carboxylic acids is 1. The van der Waals surface area contributed by atoms with E-state index < -0.39 is 11.4 Å². The molecule has 6 nitrogen and oxygen atoms in total. The van der Waals surface area contributed by atoms with E-state index in [9.17, 15) is 14.7 Å². The Morgan fingerprint density at radius 1 is 1.29 bits per heavy atom. The fraction of sp³-hybridized carbons (Fsp3) is 0.333. The third-order valence-corrected chi connectivity index (χ3v) is 4.36. The highest BCUT2D eigenvalue weighted by Gasteiger charge is 2.43. The quantitative estimate of drug-likeness (QED) is 0.912. The molecule has 1 aromatic carbocycles. The topological polar surface area (TPSA) is 80.0 Å². The lowest BCUT2D eigenvalue weighted by Crippen LogP contribution is -2.35. The summed E-state index contributed by atoms with van der Waals surface area (Å²) in [5.74, 6) is -0.265. The zero-order chi connectivity index (χ0) is 17.2. The number of furan rings is 1. The molecule has 2 aromatic rings. The molecule has 1 fully saturated rings. The van der Waals surface area contributed by atoms with Crippen molar-refractivity contribution in [3.8, 4) is 5.75 Å². The molecule has 0 radical (unpaired) electrons. The number of amides is 1. The van der Waals surface area contributed by atoms with E-state index in [4.69, 9.17) is 9.15 Å². The Labute approximate surface area is 139 Å². The minimum atomic E-state index is -0.900. The molecule has 0 bridgehead atoms. The molecule has 126 valence electrons. The van der Waals surface area contributed by atoms with Gasteiger partial charge >= 0.3 is 5.97 Å². The van der Waals surface area contributed by atoms with Crippen LogP contribution in [0, 0.1) is 5.41 Å². The van der Waals surface area contributed by atoms with Crippen LogP contribution in [0.4, 0.5) is 0 Å². The number of carboxylic acids is 1. The molecule has 1 amide bonds. The molecule has 24 heavy (non-hydrogen) atoms. The number of para-hydroxylation sites is 1. The minimum Gasteiger partial charge on any atom is -0.489 e. The summed E-state index contributed by atoms with van der Waals surface area (Å²) in [5, 5.41) is 9.29. The van der Waals surface area contributed by atoms with E-state index in [1.165, 1.54) is 11.2 Å². The average molecular weight is 329 g/mol. The molecule has 1 aliphatic heterocycles. The highest BCUT2D eigenvalue weighted by Crippen LogP contribution is 2.31. The number of benzene rings is 1. The molecular weight excluding hydrogens is 310 g/mol. The van der Waals surface area contributed by atoms with E-state index in [1.807, 2.05) is 30.3 Å². The number of rotatable bonds is 5. The van der Waals surface area contributed by atoms with Gasteiger partial charge in [0, 0.05) is 18.7 Å². The maximum Gasteiger partial charge on any atom is 0.311 e. The summed E-state index contributed by atoms with van der Waals surface area (Å²) in [4.78, 5) is 25.5. The molecule has 0 saturated carbocycles. The molecule has 0 aliphatic carbocycles. The molecule has 0 spiro atoms. The normalized spacial score (nSPS) is 20.1. The van der Waals surface area contributed by atoms with Gasteiger partial charge in [0.1, 0.15) is 12.4 Å². The van der Waals surface area contributed by atoms with E-state index in [2.05, 4.69) is 0 Å². The van der Waals surface area contributed by atoms with Crippen molar-refractivity contribution in [3.63, 3.8) is 0 Å². The standard InChI is InChI=1S/C18H19NO5/c1-18(17(21)22)8-9-19(12-18)16(20)15-13(7-10-23-15)11-24-14-5-3-2-4-6-14/h2-7,10H,8-9,11-12H2,1H3,(H,21,22)/t18-/m1/s1. The van der Waals surface area contributed by atoms with Crippen molar-refractivity contribution in [2.24, 2.45) is 5.41 Å². The first-order valence-corrected chi connectivity index (χ1v) is 7.76. The third kappa shape index (κ3) is 3.13. The van der Waals surface area contributed by atoms with E-state index >= 15 is 0 Å². The minimum absolute atomic E-state index is 0.181. The summed E-state index contributed by atoms with van der Waals surface area (Å²) >= 11 is 0. The smallest absolute Gasteiger partial charge is 0.311 e. The first kappa shape index (κ1) is 16.1. The van der Waals surface area contributed by atoms with Crippen LogP contribution >= 0.6 is 0 Å². The number of hydrogen-bond acceptors (Lipinski definition) is 4. The molecule has 0 unspecified atom stereocenters. The number of carboxylic acid groups (broad SMARTS) is 1. The second-order valence-corrected chi connectivity index (χ2v) is 6.22. The molecule has 1 aliphatic rings. The van der Waals surface area contributed by atoms with Gasteiger partial charge in [0.05, 0.1) is 11.7 Å². The van der Waals surface area contributed by atoms with Gasteiger partial charge in [-0.3, -0.25) is 9.59 Å². The fourth-order valence-corrected chi connectivity index (χ4v) is 2.77. The van der Waals surface area contributed by atoms with Crippen molar-refractivity contribution >= 4 is 11.9 Å². The van der Waals surface area contributed by atoms with Gasteiger partial charge in [-0.1, -0.05) is 18.2 Å². The summed E-state index contributed by atoms with van der Waals surface area (Å²) in [6.45, 7) is 2.46. The van der Waals surface area contributed by atoms with Crippen LogP contribution in [0.5, 0.6) is 5.75 Å². The highest BCUT2D eigenvalue weighted by atomic mass is 16.5. The van der Waals surface area contributed by atoms with E-state index in [0.717, 1.165) is 0 Å². The lowest BCUT2D eigenvalue weighted by Gasteiger charge is -2.19. The first-order valence-electron chi connectivity index (χ1n) is 7.76.